The first-order chi connectivity index (χ1) is 11.6. The van der Waals surface area contributed by atoms with Crippen molar-refractivity contribution >= 4 is 11.7 Å². The summed E-state index contributed by atoms with van der Waals surface area (Å²) in [6, 6.07) is 3.68. The summed E-state index contributed by atoms with van der Waals surface area (Å²) < 4.78 is 24.8. The first-order valence-electron chi connectivity index (χ1n) is 8.40. The van der Waals surface area contributed by atoms with Crippen molar-refractivity contribution < 1.29 is 23.8 Å². The van der Waals surface area contributed by atoms with E-state index in [1.165, 1.54) is 23.1 Å². The number of hydrogen-bond donors (Lipinski definition) is 2. The minimum absolute atomic E-state index is 0.0378. The third-order valence-electron chi connectivity index (χ3n) is 4.32. The highest BCUT2D eigenvalue weighted by Crippen LogP contribution is 2.27. The minimum atomic E-state index is -0.507. The van der Waals surface area contributed by atoms with Crippen LogP contribution in [0.3, 0.4) is 0 Å². The van der Waals surface area contributed by atoms with Crippen LogP contribution in [0.2, 0.25) is 0 Å². The zero-order chi connectivity index (χ0) is 16.9. The van der Waals surface area contributed by atoms with Gasteiger partial charge in [0.1, 0.15) is 18.2 Å². The highest BCUT2D eigenvalue weighted by molar-refractivity contribution is 5.91. The predicted octanol–water partition coefficient (Wildman–Crippen LogP) is 2.37. The molecule has 2 N–H and O–H groups in total. The number of carbonyl (C=O) groups is 1. The fourth-order valence-electron chi connectivity index (χ4n) is 3.02. The van der Waals surface area contributed by atoms with Gasteiger partial charge in [-0.05, 0) is 37.8 Å². The number of nitrogens with one attached hydrogen (secondary N) is 1. The van der Waals surface area contributed by atoms with Crippen molar-refractivity contribution in [1.82, 2.24) is 4.90 Å². The molecule has 0 aliphatic carbocycles. The Morgan fingerprint density at radius 1 is 1.42 bits per heavy atom. The van der Waals surface area contributed by atoms with Crippen LogP contribution < -0.4 is 10.1 Å². The molecule has 0 saturated carbocycles. The molecule has 132 valence electrons. The van der Waals surface area contributed by atoms with Gasteiger partial charge in [0.2, 0.25) is 0 Å². The van der Waals surface area contributed by atoms with Crippen molar-refractivity contribution in [3.05, 3.63) is 24.0 Å². The Kier molecular flexibility index (Phi) is 5.52. The third kappa shape index (κ3) is 4.36. The molecule has 0 spiro atoms. The lowest BCUT2D eigenvalue weighted by molar-refractivity contribution is 0.0681. The summed E-state index contributed by atoms with van der Waals surface area (Å²) in [6.07, 6.45) is 2.93. The third-order valence-corrected chi connectivity index (χ3v) is 4.32. The van der Waals surface area contributed by atoms with Crippen LogP contribution in [0.15, 0.2) is 18.2 Å². The molecule has 2 amide bonds. The number of rotatable bonds is 4. The van der Waals surface area contributed by atoms with Gasteiger partial charge >= 0.3 is 6.03 Å². The van der Waals surface area contributed by atoms with E-state index in [-0.39, 0.29) is 24.4 Å². The summed E-state index contributed by atoms with van der Waals surface area (Å²) in [5, 5.41) is 12.4. The Morgan fingerprint density at radius 3 is 3.04 bits per heavy atom. The Hall–Kier alpha value is -1.86. The summed E-state index contributed by atoms with van der Waals surface area (Å²) in [5.41, 5.74) is 0.290. The number of urea groups is 1. The highest BCUT2D eigenvalue weighted by atomic mass is 19.1. The van der Waals surface area contributed by atoms with Crippen LogP contribution in [0.1, 0.15) is 25.7 Å². The molecule has 24 heavy (non-hydrogen) atoms. The molecule has 2 atom stereocenters. The number of β-amino-alcohol motifs (C(OH)–C–C–N with tert-alkyl or cyclic N) is 1. The van der Waals surface area contributed by atoms with Gasteiger partial charge in [-0.25, -0.2) is 9.18 Å². The van der Waals surface area contributed by atoms with E-state index < -0.39 is 11.9 Å². The van der Waals surface area contributed by atoms with E-state index >= 15 is 0 Å². The molecule has 0 radical (unpaired) electrons. The van der Waals surface area contributed by atoms with Crippen molar-refractivity contribution in [3.63, 3.8) is 0 Å². The number of piperidine rings is 1. The van der Waals surface area contributed by atoms with E-state index in [0.29, 0.717) is 25.3 Å². The Morgan fingerprint density at radius 2 is 2.29 bits per heavy atom. The smallest absolute Gasteiger partial charge is 0.322 e. The van der Waals surface area contributed by atoms with Crippen molar-refractivity contribution in [2.45, 2.75) is 37.9 Å². The zero-order valence-electron chi connectivity index (χ0n) is 13.5. The van der Waals surface area contributed by atoms with E-state index in [0.717, 1.165) is 25.9 Å². The number of amides is 2. The summed E-state index contributed by atoms with van der Waals surface area (Å²) in [4.78, 5) is 13.9. The summed E-state index contributed by atoms with van der Waals surface area (Å²) in [5.74, 6) is -0.0359. The second kappa shape index (κ2) is 7.81. The number of halogens is 1. The average Bonchev–Trinajstić information content (AvgIpc) is 3.07. The summed E-state index contributed by atoms with van der Waals surface area (Å²) >= 11 is 0. The number of anilines is 1. The quantitative estimate of drug-likeness (QED) is 0.884. The lowest BCUT2D eigenvalue weighted by Gasteiger charge is -2.30. The minimum Gasteiger partial charge on any atom is -0.489 e. The standard InChI is InChI=1S/C17H23FN2O4/c18-12-5-6-16(24-11-14-4-2-8-23-14)15(9-12)19-17(22)20-7-1-3-13(21)10-20/h5-6,9,13-14,21H,1-4,7-8,10-11H2,(H,19,22)/t13-,14-/m0/s1. The van der Waals surface area contributed by atoms with Crippen molar-refractivity contribution in [2.24, 2.45) is 0 Å². The van der Waals surface area contributed by atoms with Crippen molar-refractivity contribution in [1.29, 1.82) is 0 Å². The van der Waals surface area contributed by atoms with Crippen LogP contribution in [0.4, 0.5) is 14.9 Å². The van der Waals surface area contributed by atoms with Crippen LogP contribution in [-0.2, 0) is 4.74 Å². The van der Waals surface area contributed by atoms with Crippen LogP contribution >= 0.6 is 0 Å². The van der Waals surface area contributed by atoms with Gasteiger partial charge in [-0.15, -0.1) is 0 Å². The topological polar surface area (TPSA) is 71.0 Å². The molecular formula is C17H23FN2O4. The monoisotopic (exact) mass is 338 g/mol. The molecule has 2 aliphatic heterocycles. The fourth-order valence-corrected chi connectivity index (χ4v) is 3.02. The Labute approximate surface area is 140 Å². The van der Waals surface area contributed by atoms with Gasteiger partial charge in [0.05, 0.1) is 17.9 Å². The first-order valence-corrected chi connectivity index (χ1v) is 8.40. The molecule has 3 rings (SSSR count). The maximum atomic E-state index is 13.6. The first kappa shape index (κ1) is 17.0. The number of carbonyl (C=O) groups excluding carboxylic acids is 1. The maximum absolute atomic E-state index is 13.6. The van der Waals surface area contributed by atoms with Crippen molar-refractivity contribution in [3.8, 4) is 5.75 Å². The van der Waals surface area contributed by atoms with Gasteiger partial charge in [0, 0.05) is 25.8 Å². The maximum Gasteiger partial charge on any atom is 0.322 e. The number of hydrogen-bond acceptors (Lipinski definition) is 4. The van der Waals surface area contributed by atoms with Gasteiger partial charge in [0.15, 0.2) is 0 Å². The Balaban J connectivity index is 1.64. The van der Waals surface area contributed by atoms with Crippen molar-refractivity contribution in [2.75, 3.05) is 31.6 Å². The molecule has 0 bridgehead atoms. The predicted molar refractivity (Wildman–Crippen MR) is 86.7 cm³/mol. The van der Waals surface area contributed by atoms with Gasteiger partial charge < -0.3 is 24.8 Å². The van der Waals surface area contributed by atoms with E-state index in [1.807, 2.05) is 0 Å². The number of ether oxygens (including phenoxy) is 2. The van der Waals surface area contributed by atoms with E-state index in [2.05, 4.69) is 5.32 Å². The molecule has 0 aromatic heterocycles. The number of likely N-dealkylation sites (tertiary alicyclic amines) is 1. The van der Waals surface area contributed by atoms with E-state index in [1.54, 1.807) is 0 Å². The summed E-state index contributed by atoms with van der Waals surface area (Å²) in [7, 11) is 0. The normalized spacial score (nSPS) is 24.0. The molecule has 1 aromatic rings. The SMILES string of the molecule is O=C(Nc1cc(F)ccc1OC[C@@H]1CCCO1)N1CCC[C@H](O)C1. The molecule has 7 heteroatoms. The lowest BCUT2D eigenvalue weighted by atomic mass is 10.1. The Bertz CT molecular complexity index is 578. The van der Waals surface area contributed by atoms with Gasteiger partial charge in [-0.3, -0.25) is 0 Å². The van der Waals surface area contributed by atoms with Crippen LogP contribution in [0, 0.1) is 5.82 Å². The van der Waals surface area contributed by atoms with E-state index in [9.17, 15) is 14.3 Å². The second-order valence-electron chi connectivity index (χ2n) is 6.26. The van der Waals surface area contributed by atoms with Gasteiger partial charge in [-0.2, -0.15) is 0 Å². The number of benzene rings is 1. The molecule has 2 heterocycles. The second-order valence-corrected chi connectivity index (χ2v) is 6.26. The van der Waals surface area contributed by atoms with Gasteiger partial charge in [0.25, 0.3) is 0 Å². The van der Waals surface area contributed by atoms with Crippen LogP contribution in [0.25, 0.3) is 0 Å². The molecule has 6 nitrogen and oxygen atoms in total. The van der Waals surface area contributed by atoms with Crippen LogP contribution in [-0.4, -0.2) is 54.5 Å². The average molecular weight is 338 g/mol. The molecule has 1 aromatic carbocycles. The van der Waals surface area contributed by atoms with Crippen LogP contribution in [0.5, 0.6) is 5.75 Å². The number of nitrogens with zero attached hydrogens (tertiary/aromatic N) is 1. The molecule has 0 unspecified atom stereocenters. The van der Waals surface area contributed by atoms with E-state index in [4.69, 9.17) is 9.47 Å². The number of aliphatic hydroxyl groups is 1. The largest absolute Gasteiger partial charge is 0.489 e. The summed E-state index contributed by atoms with van der Waals surface area (Å²) in [6.45, 7) is 1.97. The van der Waals surface area contributed by atoms with Gasteiger partial charge in [-0.1, -0.05) is 0 Å². The molecular weight excluding hydrogens is 315 g/mol. The molecule has 2 fully saturated rings. The highest BCUT2D eigenvalue weighted by Gasteiger charge is 2.23. The zero-order valence-corrected chi connectivity index (χ0v) is 13.5. The number of aliphatic hydroxyl groups excluding tert-OH is 1. The lowest BCUT2D eigenvalue weighted by Crippen LogP contribution is -2.44. The molecule has 2 saturated heterocycles. The molecule has 2 aliphatic rings. The fraction of sp³-hybridized carbons (Fsp3) is 0.588.